The summed E-state index contributed by atoms with van der Waals surface area (Å²) in [7, 11) is 0. The van der Waals surface area contributed by atoms with Crippen molar-refractivity contribution in [1.29, 1.82) is 0 Å². The van der Waals surface area contributed by atoms with Gasteiger partial charge in [-0.1, -0.05) is 32.0 Å². The zero-order valence-corrected chi connectivity index (χ0v) is 14.8. The second-order valence-electron chi connectivity index (χ2n) is 6.44. The molecule has 3 rings (SSSR count). The van der Waals surface area contributed by atoms with Gasteiger partial charge in [0, 0.05) is 17.1 Å². The summed E-state index contributed by atoms with van der Waals surface area (Å²) in [6, 6.07) is 7.72. The van der Waals surface area contributed by atoms with Crippen LogP contribution in [0.15, 0.2) is 24.3 Å². The number of hydrogen-bond acceptors (Lipinski definition) is 4. The molecule has 0 saturated carbocycles. The van der Waals surface area contributed by atoms with Gasteiger partial charge < -0.3 is 10.1 Å². The molecule has 1 aliphatic rings. The molecular formula is C20H24N2O3. The third-order valence-electron chi connectivity index (χ3n) is 4.81. The maximum atomic E-state index is 12.7. The van der Waals surface area contributed by atoms with Crippen molar-refractivity contribution in [3.8, 4) is 0 Å². The molecule has 1 aliphatic carbocycles. The number of fused-ring (bicyclic) bond motifs is 2. The largest absolute Gasteiger partial charge is 0.452 e. The van der Waals surface area contributed by atoms with Crippen LogP contribution in [-0.2, 0) is 22.4 Å². The molecule has 0 spiro atoms. The normalized spacial score (nSPS) is 13.1. The number of amides is 1. The molecule has 25 heavy (non-hydrogen) atoms. The van der Waals surface area contributed by atoms with Crippen LogP contribution in [0.4, 0.5) is 0 Å². The number of benzene rings is 1. The molecule has 0 aliphatic heterocycles. The van der Waals surface area contributed by atoms with Crippen molar-refractivity contribution in [2.45, 2.75) is 52.0 Å². The number of nitrogens with zero attached hydrogens (tertiary/aromatic N) is 1. The average Bonchev–Trinajstić information content (AvgIpc) is 3.09. The molecule has 0 unspecified atom stereocenters. The van der Waals surface area contributed by atoms with Gasteiger partial charge >= 0.3 is 5.97 Å². The fourth-order valence-corrected chi connectivity index (χ4v) is 3.41. The van der Waals surface area contributed by atoms with E-state index in [9.17, 15) is 9.59 Å². The van der Waals surface area contributed by atoms with Crippen LogP contribution in [0.3, 0.4) is 0 Å². The van der Waals surface area contributed by atoms with Crippen LogP contribution in [0.5, 0.6) is 0 Å². The Morgan fingerprint density at radius 1 is 1.20 bits per heavy atom. The van der Waals surface area contributed by atoms with Gasteiger partial charge in [-0.05, 0) is 43.7 Å². The highest BCUT2D eigenvalue weighted by molar-refractivity contribution is 6.05. The Bertz CT molecular complexity index is 797. The Balaban J connectivity index is 1.80. The second kappa shape index (κ2) is 7.64. The SMILES string of the molecule is CCC(CC)NC(=O)COC(=O)c1c2c(nc3ccccc13)CCC2. The molecular weight excluding hydrogens is 316 g/mol. The summed E-state index contributed by atoms with van der Waals surface area (Å²) >= 11 is 0. The van der Waals surface area contributed by atoms with E-state index in [1.807, 2.05) is 38.1 Å². The highest BCUT2D eigenvalue weighted by Crippen LogP contribution is 2.30. The number of rotatable bonds is 6. The summed E-state index contributed by atoms with van der Waals surface area (Å²) in [4.78, 5) is 29.4. The van der Waals surface area contributed by atoms with Gasteiger partial charge in [-0.15, -0.1) is 0 Å². The first-order valence-electron chi connectivity index (χ1n) is 9.01. The number of nitrogens with one attached hydrogen (secondary N) is 1. The smallest absolute Gasteiger partial charge is 0.339 e. The molecule has 0 radical (unpaired) electrons. The number of aryl methyl sites for hydroxylation is 1. The second-order valence-corrected chi connectivity index (χ2v) is 6.44. The van der Waals surface area contributed by atoms with Gasteiger partial charge in [-0.2, -0.15) is 0 Å². The van der Waals surface area contributed by atoms with Crippen molar-refractivity contribution in [2.75, 3.05) is 6.61 Å². The summed E-state index contributed by atoms with van der Waals surface area (Å²) in [6.45, 7) is 3.79. The van der Waals surface area contributed by atoms with E-state index in [4.69, 9.17) is 4.74 Å². The zero-order chi connectivity index (χ0) is 17.8. The Morgan fingerprint density at radius 2 is 1.96 bits per heavy atom. The fourth-order valence-electron chi connectivity index (χ4n) is 3.41. The van der Waals surface area contributed by atoms with Gasteiger partial charge in [-0.25, -0.2) is 4.79 Å². The molecule has 0 saturated heterocycles. The van der Waals surface area contributed by atoms with Crippen LogP contribution in [-0.4, -0.2) is 29.5 Å². The number of carbonyl (C=O) groups excluding carboxylic acids is 2. The van der Waals surface area contributed by atoms with Gasteiger partial charge in [-0.3, -0.25) is 9.78 Å². The fraction of sp³-hybridized carbons (Fsp3) is 0.450. The van der Waals surface area contributed by atoms with Crippen LogP contribution in [0.2, 0.25) is 0 Å². The molecule has 1 aromatic carbocycles. The molecule has 132 valence electrons. The van der Waals surface area contributed by atoms with Crippen molar-refractivity contribution in [3.63, 3.8) is 0 Å². The van der Waals surface area contributed by atoms with E-state index in [2.05, 4.69) is 10.3 Å². The number of para-hydroxylation sites is 1. The van der Waals surface area contributed by atoms with Gasteiger partial charge in [0.2, 0.25) is 0 Å². The van der Waals surface area contributed by atoms with Crippen molar-refractivity contribution in [3.05, 3.63) is 41.1 Å². The Labute approximate surface area is 147 Å². The monoisotopic (exact) mass is 340 g/mol. The lowest BCUT2D eigenvalue weighted by atomic mass is 10.0. The van der Waals surface area contributed by atoms with Gasteiger partial charge in [0.1, 0.15) is 0 Å². The van der Waals surface area contributed by atoms with Crippen molar-refractivity contribution in [1.82, 2.24) is 10.3 Å². The summed E-state index contributed by atoms with van der Waals surface area (Å²) in [5.74, 6) is -0.687. The summed E-state index contributed by atoms with van der Waals surface area (Å²) in [5.41, 5.74) is 3.33. The number of ether oxygens (including phenoxy) is 1. The molecule has 5 nitrogen and oxygen atoms in total. The van der Waals surface area contributed by atoms with Crippen LogP contribution >= 0.6 is 0 Å². The quantitative estimate of drug-likeness (QED) is 0.820. The standard InChI is InChI=1S/C20H24N2O3/c1-3-13(4-2)21-18(23)12-25-20(24)19-14-8-5-6-10-16(14)22-17-11-7-9-15(17)19/h5-6,8,10,13H,3-4,7,9,11-12H2,1-2H3,(H,21,23). The van der Waals surface area contributed by atoms with E-state index < -0.39 is 5.97 Å². The first-order valence-corrected chi connectivity index (χ1v) is 9.01. The Kier molecular flexibility index (Phi) is 5.31. The predicted octanol–water partition coefficient (Wildman–Crippen LogP) is 3.19. The minimum Gasteiger partial charge on any atom is -0.452 e. The molecule has 1 amide bonds. The van der Waals surface area contributed by atoms with E-state index in [1.165, 1.54) is 0 Å². The van der Waals surface area contributed by atoms with E-state index in [0.717, 1.165) is 54.3 Å². The lowest BCUT2D eigenvalue weighted by Gasteiger charge is -2.15. The van der Waals surface area contributed by atoms with Gasteiger partial charge in [0.25, 0.3) is 5.91 Å². The number of esters is 1. The molecule has 5 heteroatoms. The summed E-state index contributed by atoms with van der Waals surface area (Å²) in [5, 5.41) is 3.68. The van der Waals surface area contributed by atoms with Crippen molar-refractivity contribution >= 4 is 22.8 Å². The van der Waals surface area contributed by atoms with E-state index in [0.29, 0.717) is 5.56 Å². The molecule has 2 aromatic rings. The number of hydrogen-bond donors (Lipinski definition) is 1. The average molecular weight is 340 g/mol. The number of aromatic nitrogens is 1. The van der Waals surface area contributed by atoms with Crippen LogP contribution in [0.25, 0.3) is 10.9 Å². The van der Waals surface area contributed by atoms with Crippen LogP contribution < -0.4 is 5.32 Å². The lowest BCUT2D eigenvalue weighted by molar-refractivity contribution is -0.125. The minimum absolute atomic E-state index is 0.122. The summed E-state index contributed by atoms with van der Waals surface area (Å²) in [6.07, 6.45) is 4.43. The molecule has 0 bridgehead atoms. The highest BCUT2D eigenvalue weighted by Gasteiger charge is 2.25. The maximum absolute atomic E-state index is 12.7. The van der Waals surface area contributed by atoms with Crippen molar-refractivity contribution in [2.24, 2.45) is 0 Å². The number of pyridine rings is 1. The first-order chi connectivity index (χ1) is 12.1. The highest BCUT2D eigenvalue weighted by atomic mass is 16.5. The van der Waals surface area contributed by atoms with Crippen LogP contribution in [0, 0.1) is 0 Å². The van der Waals surface area contributed by atoms with Crippen molar-refractivity contribution < 1.29 is 14.3 Å². The van der Waals surface area contributed by atoms with E-state index >= 15 is 0 Å². The van der Waals surface area contributed by atoms with Gasteiger partial charge in [0.15, 0.2) is 6.61 Å². The Hall–Kier alpha value is -2.43. The molecule has 0 atom stereocenters. The first kappa shape index (κ1) is 17.4. The molecule has 1 heterocycles. The summed E-state index contributed by atoms with van der Waals surface area (Å²) < 4.78 is 5.33. The molecule has 0 fully saturated rings. The minimum atomic E-state index is -0.434. The van der Waals surface area contributed by atoms with E-state index in [-0.39, 0.29) is 18.6 Å². The Morgan fingerprint density at radius 3 is 2.72 bits per heavy atom. The maximum Gasteiger partial charge on any atom is 0.339 e. The zero-order valence-electron chi connectivity index (χ0n) is 14.8. The van der Waals surface area contributed by atoms with Gasteiger partial charge in [0.05, 0.1) is 11.1 Å². The number of carbonyl (C=O) groups is 2. The molecule has 1 N–H and O–H groups in total. The lowest BCUT2D eigenvalue weighted by Crippen LogP contribution is -2.37. The third-order valence-corrected chi connectivity index (χ3v) is 4.81. The van der Waals surface area contributed by atoms with Crippen LogP contribution in [0.1, 0.15) is 54.7 Å². The third kappa shape index (κ3) is 3.65. The topological polar surface area (TPSA) is 68.3 Å². The predicted molar refractivity (Wildman–Crippen MR) is 96.6 cm³/mol. The molecule has 1 aromatic heterocycles. The van der Waals surface area contributed by atoms with E-state index in [1.54, 1.807) is 0 Å².